The lowest BCUT2D eigenvalue weighted by atomic mass is 10.1. The molecule has 0 heterocycles. The molecule has 0 saturated carbocycles. The summed E-state index contributed by atoms with van der Waals surface area (Å²) in [6, 6.07) is 10.1. The Morgan fingerprint density at radius 1 is 1.13 bits per heavy atom. The molecule has 0 bridgehead atoms. The van der Waals surface area contributed by atoms with E-state index >= 15 is 0 Å². The Hall–Kier alpha value is -2.47. The summed E-state index contributed by atoms with van der Waals surface area (Å²) in [6.45, 7) is 0.313. The molecule has 23 heavy (non-hydrogen) atoms. The van der Waals surface area contributed by atoms with E-state index in [1.54, 1.807) is 14.2 Å². The zero-order valence-electron chi connectivity index (χ0n) is 13.2. The first-order valence-electron chi connectivity index (χ1n) is 6.78. The van der Waals surface area contributed by atoms with Crippen LogP contribution >= 0.6 is 0 Å². The zero-order valence-corrected chi connectivity index (χ0v) is 13.2. The van der Waals surface area contributed by atoms with Gasteiger partial charge in [-0.1, -0.05) is 30.3 Å². The highest BCUT2D eigenvalue weighted by Gasteiger charge is 2.19. The SMILES string of the molecule is COC.COc1c(F)c(C=O)cc(F)c1NCc1ccccc1. The molecule has 0 aliphatic carbocycles. The van der Waals surface area contributed by atoms with Gasteiger partial charge in [0.15, 0.2) is 23.7 Å². The third-order valence-electron chi connectivity index (χ3n) is 2.84. The minimum absolute atomic E-state index is 0.0977. The van der Waals surface area contributed by atoms with Gasteiger partial charge in [0.25, 0.3) is 0 Å². The summed E-state index contributed by atoms with van der Waals surface area (Å²) in [4.78, 5) is 10.7. The van der Waals surface area contributed by atoms with Crippen molar-refractivity contribution in [3.63, 3.8) is 0 Å². The maximum absolute atomic E-state index is 13.9. The van der Waals surface area contributed by atoms with Crippen molar-refractivity contribution < 1.29 is 23.0 Å². The molecular weight excluding hydrogens is 304 g/mol. The van der Waals surface area contributed by atoms with Crippen LogP contribution in [-0.2, 0) is 11.3 Å². The number of ether oxygens (including phenoxy) is 2. The van der Waals surface area contributed by atoms with E-state index in [-0.39, 0.29) is 23.3 Å². The van der Waals surface area contributed by atoms with E-state index in [4.69, 9.17) is 4.74 Å². The average molecular weight is 323 g/mol. The van der Waals surface area contributed by atoms with Crippen molar-refractivity contribution in [2.75, 3.05) is 26.6 Å². The second-order valence-electron chi connectivity index (χ2n) is 4.54. The summed E-state index contributed by atoms with van der Waals surface area (Å²) in [5, 5.41) is 2.78. The average Bonchev–Trinajstić information content (AvgIpc) is 2.56. The van der Waals surface area contributed by atoms with Gasteiger partial charge in [-0.15, -0.1) is 0 Å². The smallest absolute Gasteiger partial charge is 0.181 e. The summed E-state index contributed by atoms with van der Waals surface area (Å²) in [7, 11) is 4.47. The minimum atomic E-state index is -0.875. The van der Waals surface area contributed by atoms with Crippen molar-refractivity contribution in [3.8, 4) is 5.75 Å². The molecule has 2 aromatic rings. The number of methoxy groups -OCH3 is 2. The van der Waals surface area contributed by atoms with Crippen molar-refractivity contribution in [1.82, 2.24) is 0 Å². The van der Waals surface area contributed by atoms with Gasteiger partial charge in [0.1, 0.15) is 5.69 Å². The van der Waals surface area contributed by atoms with E-state index < -0.39 is 11.6 Å². The van der Waals surface area contributed by atoms with Crippen LogP contribution in [0.5, 0.6) is 5.75 Å². The molecule has 4 nitrogen and oxygen atoms in total. The molecule has 0 radical (unpaired) electrons. The highest BCUT2D eigenvalue weighted by Crippen LogP contribution is 2.32. The van der Waals surface area contributed by atoms with E-state index in [1.165, 1.54) is 7.11 Å². The van der Waals surface area contributed by atoms with Crippen molar-refractivity contribution in [3.05, 3.63) is 59.2 Å². The van der Waals surface area contributed by atoms with Crippen LogP contribution in [-0.4, -0.2) is 27.6 Å². The van der Waals surface area contributed by atoms with Crippen LogP contribution in [0.3, 0.4) is 0 Å². The van der Waals surface area contributed by atoms with Gasteiger partial charge in [0, 0.05) is 20.8 Å². The van der Waals surface area contributed by atoms with Gasteiger partial charge in [-0.3, -0.25) is 4.79 Å². The molecule has 2 rings (SSSR count). The summed E-state index contributed by atoms with van der Waals surface area (Å²) in [5.41, 5.74) is 0.442. The molecule has 0 saturated heterocycles. The number of rotatable bonds is 5. The normalized spacial score (nSPS) is 9.61. The first kappa shape index (κ1) is 18.6. The number of nitrogens with one attached hydrogen (secondary N) is 1. The third-order valence-corrected chi connectivity index (χ3v) is 2.84. The first-order valence-corrected chi connectivity index (χ1v) is 6.78. The van der Waals surface area contributed by atoms with Crippen LogP contribution in [0.15, 0.2) is 36.4 Å². The van der Waals surface area contributed by atoms with Crippen LogP contribution in [0.1, 0.15) is 15.9 Å². The fourth-order valence-corrected chi connectivity index (χ4v) is 1.85. The second-order valence-corrected chi connectivity index (χ2v) is 4.54. The molecule has 0 aliphatic heterocycles. The van der Waals surface area contributed by atoms with Crippen molar-refractivity contribution in [2.45, 2.75) is 6.54 Å². The molecule has 0 spiro atoms. The van der Waals surface area contributed by atoms with Gasteiger partial charge in [-0.05, 0) is 11.6 Å². The number of hydrogen-bond donors (Lipinski definition) is 1. The standard InChI is InChI=1S/C15H13F2NO2.C2H6O/c1-20-15-13(17)11(9-19)7-12(16)14(15)18-8-10-5-3-2-4-6-10;1-3-2/h2-7,9,18H,8H2,1H3;1-2H3. The summed E-state index contributed by atoms with van der Waals surface area (Å²) in [5.74, 6) is -1.91. The number of aldehydes is 1. The van der Waals surface area contributed by atoms with Gasteiger partial charge in [0.2, 0.25) is 0 Å². The van der Waals surface area contributed by atoms with Gasteiger partial charge >= 0.3 is 0 Å². The van der Waals surface area contributed by atoms with Gasteiger partial charge in [-0.25, -0.2) is 8.78 Å². The Morgan fingerprint density at radius 3 is 2.26 bits per heavy atom. The van der Waals surface area contributed by atoms with Gasteiger partial charge in [0.05, 0.1) is 12.7 Å². The van der Waals surface area contributed by atoms with Crippen molar-refractivity contribution in [2.24, 2.45) is 0 Å². The highest BCUT2D eigenvalue weighted by atomic mass is 19.1. The lowest BCUT2D eigenvalue weighted by Gasteiger charge is -2.14. The topological polar surface area (TPSA) is 47.6 Å². The van der Waals surface area contributed by atoms with E-state index in [1.807, 2.05) is 30.3 Å². The molecule has 0 amide bonds. The van der Waals surface area contributed by atoms with Crippen molar-refractivity contribution in [1.29, 1.82) is 0 Å². The van der Waals surface area contributed by atoms with E-state index in [9.17, 15) is 13.6 Å². The number of benzene rings is 2. The van der Waals surface area contributed by atoms with Crippen LogP contribution in [0.2, 0.25) is 0 Å². The number of carbonyl (C=O) groups excluding carboxylic acids is 1. The Kier molecular flexibility index (Phi) is 7.70. The zero-order chi connectivity index (χ0) is 17.2. The van der Waals surface area contributed by atoms with Crippen LogP contribution in [0.25, 0.3) is 0 Å². The molecular formula is C17H19F2NO3. The molecule has 0 aliphatic rings. The Morgan fingerprint density at radius 2 is 1.74 bits per heavy atom. The van der Waals surface area contributed by atoms with E-state index in [0.717, 1.165) is 11.6 Å². The fraction of sp³-hybridized carbons (Fsp3) is 0.235. The second kappa shape index (κ2) is 9.53. The molecule has 6 heteroatoms. The number of halogens is 2. The summed E-state index contributed by atoms with van der Waals surface area (Å²) >= 11 is 0. The summed E-state index contributed by atoms with van der Waals surface area (Å²) in [6.07, 6.45) is 0.252. The lowest BCUT2D eigenvalue weighted by molar-refractivity contribution is 0.111. The highest BCUT2D eigenvalue weighted by molar-refractivity contribution is 5.79. The van der Waals surface area contributed by atoms with Crippen LogP contribution in [0.4, 0.5) is 14.5 Å². The number of anilines is 1. The predicted octanol–water partition coefficient (Wildman–Crippen LogP) is 3.66. The van der Waals surface area contributed by atoms with Crippen molar-refractivity contribution >= 4 is 12.0 Å². The fourth-order valence-electron chi connectivity index (χ4n) is 1.85. The largest absolute Gasteiger partial charge is 0.491 e. The Balaban J connectivity index is 0.000000816. The molecule has 0 aromatic heterocycles. The molecule has 0 fully saturated rings. The molecule has 124 valence electrons. The Bertz CT molecular complexity index is 633. The van der Waals surface area contributed by atoms with E-state index in [0.29, 0.717) is 6.54 Å². The van der Waals surface area contributed by atoms with Crippen LogP contribution in [0, 0.1) is 11.6 Å². The molecule has 1 N–H and O–H groups in total. The first-order chi connectivity index (χ1) is 11.1. The maximum Gasteiger partial charge on any atom is 0.181 e. The lowest BCUT2D eigenvalue weighted by Crippen LogP contribution is -2.06. The minimum Gasteiger partial charge on any atom is -0.491 e. The van der Waals surface area contributed by atoms with E-state index in [2.05, 4.69) is 10.1 Å². The van der Waals surface area contributed by atoms with Crippen LogP contribution < -0.4 is 10.1 Å². The summed E-state index contributed by atoms with van der Waals surface area (Å²) < 4.78 is 36.9. The molecule has 0 atom stereocenters. The quantitative estimate of drug-likeness (QED) is 0.853. The van der Waals surface area contributed by atoms with Gasteiger partial charge < -0.3 is 14.8 Å². The Labute approximate surface area is 134 Å². The maximum atomic E-state index is 13.9. The number of hydrogen-bond acceptors (Lipinski definition) is 4. The molecule has 2 aromatic carbocycles. The molecule has 0 unspecified atom stereocenters. The number of carbonyl (C=O) groups is 1. The third kappa shape index (κ3) is 5.03. The van der Waals surface area contributed by atoms with Gasteiger partial charge in [-0.2, -0.15) is 0 Å². The monoisotopic (exact) mass is 323 g/mol. The predicted molar refractivity (Wildman–Crippen MR) is 85.0 cm³/mol.